The van der Waals surface area contributed by atoms with Crippen molar-refractivity contribution in [3.63, 3.8) is 0 Å². The van der Waals surface area contributed by atoms with Gasteiger partial charge in [0.25, 0.3) is 5.91 Å². The summed E-state index contributed by atoms with van der Waals surface area (Å²) in [5.41, 5.74) is 2.30. The Morgan fingerprint density at radius 1 is 1.10 bits per heavy atom. The van der Waals surface area contributed by atoms with Crippen LogP contribution in [-0.4, -0.2) is 56.8 Å². The van der Waals surface area contributed by atoms with Crippen molar-refractivity contribution >= 4 is 27.5 Å². The second kappa shape index (κ2) is 9.47. The van der Waals surface area contributed by atoms with Crippen LogP contribution in [0.3, 0.4) is 0 Å². The average Bonchev–Trinajstić information content (AvgIpc) is 2.73. The fourth-order valence-corrected chi connectivity index (χ4v) is 5.12. The van der Waals surface area contributed by atoms with Crippen LogP contribution in [0, 0.1) is 6.92 Å². The molecular formula is C22H28ClN3O3S. The average molecular weight is 450 g/mol. The zero-order valence-corrected chi connectivity index (χ0v) is 19.1. The predicted octanol–water partition coefficient (Wildman–Crippen LogP) is 3.47. The lowest BCUT2D eigenvalue weighted by molar-refractivity contribution is 0.0935. The summed E-state index contributed by atoms with van der Waals surface area (Å²) in [6.07, 6.45) is 0.700. The summed E-state index contributed by atoms with van der Waals surface area (Å²) in [6, 6.07) is 12.1. The van der Waals surface area contributed by atoms with Crippen LogP contribution in [0.15, 0.2) is 47.4 Å². The highest BCUT2D eigenvalue weighted by Crippen LogP contribution is 2.25. The molecule has 0 radical (unpaired) electrons. The van der Waals surface area contributed by atoms with E-state index in [1.807, 2.05) is 45.2 Å². The molecule has 0 saturated carbocycles. The zero-order valence-electron chi connectivity index (χ0n) is 17.6. The summed E-state index contributed by atoms with van der Waals surface area (Å²) in [6.45, 7) is 6.20. The molecule has 1 heterocycles. The topological polar surface area (TPSA) is 69.7 Å². The van der Waals surface area contributed by atoms with Crippen LogP contribution >= 0.6 is 11.6 Å². The maximum atomic E-state index is 13.0. The number of nitrogens with one attached hydrogen (secondary N) is 1. The van der Waals surface area contributed by atoms with Crippen LogP contribution in [0.5, 0.6) is 0 Å². The molecule has 1 aliphatic heterocycles. The molecule has 2 aromatic carbocycles. The van der Waals surface area contributed by atoms with Crippen molar-refractivity contribution in [3.05, 3.63) is 64.2 Å². The molecule has 0 spiro atoms. The van der Waals surface area contributed by atoms with E-state index in [2.05, 4.69) is 10.2 Å². The van der Waals surface area contributed by atoms with Gasteiger partial charge in [-0.25, -0.2) is 8.42 Å². The molecule has 1 amide bonds. The summed E-state index contributed by atoms with van der Waals surface area (Å²) in [5.74, 6) is -0.386. The van der Waals surface area contributed by atoms with Crippen LogP contribution in [0.1, 0.15) is 40.9 Å². The Kier molecular flexibility index (Phi) is 7.18. The van der Waals surface area contributed by atoms with E-state index in [4.69, 9.17) is 11.6 Å². The first-order chi connectivity index (χ1) is 14.2. The van der Waals surface area contributed by atoms with E-state index in [0.29, 0.717) is 32.6 Å². The van der Waals surface area contributed by atoms with Gasteiger partial charge in [-0.2, -0.15) is 4.31 Å². The number of hydrogen-bond acceptors (Lipinski definition) is 4. The van der Waals surface area contributed by atoms with Gasteiger partial charge in [-0.1, -0.05) is 48.4 Å². The first kappa shape index (κ1) is 22.7. The Bertz CT molecular complexity index is 1000. The number of nitrogens with zero attached hydrogens (tertiary/aromatic N) is 2. The number of rotatable bonds is 6. The second-order valence-corrected chi connectivity index (χ2v) is 10.0. The Morgan fingerprint density at radius 2 is 1.73 bits per heavy atom. The Hall–Kier alpha value is -1.93. The normalized spacial score (nSPS) is 16.9. The van der Waals surface area contributed by atoms with Crippen LogP contribution in [0.4, 0.5) is 0 Å². The number of carbonyl (C=O) groups excluding carboxylic acids is 1. The third-order valence-electron chi connectivity index (χ3n) is 5.48. The van der Waals surface area contributed by atoms with Crippen LogP contribution in [-0.2, 0) is 10.0 Å². The van der Waals surface area contributed by atoms with E-state index < -0.39 is 10.0 Å². The van der Waals surface area contributed by atoms with E-state index in [1.54, 1.807) is 0 Å². The van der Waals surface area contributed by atoms with Crippen molar-refractivity contribution in [1.82, 2.24) is 14.5 Å². The number of benzene rings is 2. The van der Waals surface area contributed by atoms with Crippen molar-refractivity contribution in [2.75, 3.05) is 33.2 Å². The third kappa shape index (κ3) is 5.03. The minimum atomic E-state index is -3.68. The number of sulfonamides is 1. The number of likely N-dealkylation sites (N-methyl/N-ethyl adjacent to an activating group) is 1. The van der Waals surface area contributed by atoms with Crippen LogP contribution < -0.4 is 5.32 Å². The summed E-state index contributed by atoms with van der Waals surface area (Å²) in [7, 11) is -1.72. The lowest BCUT2D eigenvalue weighted by Gasteiger charge is -2.31. The fraction of sp³-hybridized carbons (Fsp3) is 0.409. The van der Waals surface area contributed by atoms with Crippen molar-refractivity contribution in [1.29, 1.82) is 0 Å². The lowest BCUT2D eigenvalue weighted by Crippen LogP contribution is -2.47. The standard InChI is InChI=1S/C22H28ClN3O3S/c1-4-21(17-7-5-16(2)6-8-17)24-22(27)19-15-18(9-10-20(19)23)30(28,29)26-13-11-25(3)12-14-26/h5-10,15,21H,4,11-14H2,1-3H3,(H,24,27). The van der Waals surface area contributed by atoms with Gasteiger partial charge in [0.1, 0.15) is 0 Å². The van der Waals surface area contributed by atoms with Gasteiger partial charge in [-0.15, -0.1) is 0 Å². The van der Waals surface area contributed by atoms with Crippen molar-refractivity contribution in [2.45, 2.75) is 31.2 Å². The highest BCUT2D eigenvalue weighted by molar-refractivity contribution is 7.89. The molecule has 1 fully saturated rings. The van der Waals surface area contributed by atoms with Gasteiger partial charge >= 0.3 is 0 Å². The van der Waals surface area contributed by atoms with Gasteiger partial charge in [0, 0.05) is 26.2 Å². The Balaban J connectivity index is 1.83. The summed E-state index contributed by atoms with van der Waals surface area (Å²) >= 11 is 6.26. The van der Waals surface area contributed by atoms with Crippen molar-refractivity contribution < 1.29 is 13.2 Å². The van der Waals surface area contributed by atoms with Crippen molar-refractivity contribution in [2.24, 2.45) is 0 Å². The van der Waals surface area contributed by atoms with Gasteiger partial charge in [-0.3, -0.25) is 4.79 Å². The van der Waals surface area contributed by atoms with E-state index in [-0.39, 0.29) is 27.4 Å². The number of halogens is 1. The molecule has 1 atom stereocenters. The molecular weight excluding hydrogens is 422 g/mol. The minimum absolute atomic E-state index is 0.0880. The van der Waals surface area contributed by atoms with Crippen LogP contribution in [0.25, 0.3) is 0 Å². The SMILES string of the molecule is CCC(NC(=O)c1cc(S(=O)(=O)N2CCN(C)CC2)ccc1Cl)c1ccc(C)cc1. The molecule has 1 saturated heterocycles. The van der Waals surface area contributed by atoms with Crippen molar-refractivity contribution in [3.8, 4) is 0 Å². The van der Waals surface area contributed by atoms with Gasteiger partial charge in [0.2, 0.25) is 10.0 Å². The van der Waals surface area contributed by atoms with E-state index in [0.717, 1.165) is 11.1 Å². The number of carbonyl (C=O) groups is 1. The molecule has 6 nitrogen and oxygen atoms in total. The maximum Gasteiger partial charge on any atom is 0.253 e. The predicted molar refractivity (Wildman–Crippen MR) is 119 cm³/mol. The van der Waals surface area contributed by atoms with Gasteiger partial charge in [0.15, 0.2) is 0 Å². The molecule has 8 heteroatoms. The highest BCUT2D eigenvalue weighted by atomic mass is 35.5. The molecule has 0 aliphatic carbocycles. The molecule has 3 rings (SSSR count). The number of amides is 1. The largest absolute Gasteiger partial charge is 0.345 e. The molecule has 30 heavy (non-hydrogen) atoms. The number of piperazine rings is 1. The van der Waals surface area contributed by atoms with Crippen LogP contribution in [0.2, 0.25) is 5.02 Å². The summed E-state index contributed by atoms with van der Waals surface area (Å²) in [4.78, 5) is 15.1. The molecule has 1 unspecified atom stereocenters. The molecule has 162 valence electrons. The van der Waals surface area contributed by atoms with Gasteiger partial charge in [-0.05, 0) is 44.2 Å². The quantitative estimate of drug-likeness (QED) is 0.733. The monoisotopic (exact) mass is 449 g/mol. The lowest BCUT2D eigenvalue weighted by atomic mass is 10.0. The highest BCUT2D eigenvalue weighted by Gasteiger charge is 2.29. The maximum absolute atomic E-state index is 13.0. The molecule has 0 aromatic heterocycles. The summed E-state index contributed by atoms with van der Waals surface area (Å²) in [5, 5.41) is 3.21. The fourth-order valence-electron chi connectivity index (χ4n) is 3.47. The first-order valence-electron chi connectivity index (χ1n) is 10.1. The molecule has 1 N–H and O–H groups in total. The van der Waals surface area contributed by atoms with E-state index in [9.17, 15) is 13.2 Å². The first-order valence-corrected chi connectivity index (χ1v) is 11.9. The Morgan fingerprint density at radius 3 is 2.33 bits per heavy atom. The molecule has 0 bridgehead atoms. The number of aryl methyl sites for hydroxylation is 1. The zero-order chi connectivity index (χ0) is 21.9. The Labute approximate surface area is 183 Å². The molecule has 2 aromatic rings. The number of hydrogen-bond donors (Lipinski definition) is 1. The minimum Gasteiger partial charge on any atom is -0.345 e. The second-order valence-electron chi connectivity index (χ2n) is 7.69. The van der Waals surface area contributed by atoms with Gasteiger partial charge in [0.05, 0.1) is 21.5 Å². The summed E-state index contributed by atoms with van der Waals surface area (Å²) < 4.78 is 27.5. The molecule has 1 aliphatic rings. The third-order valence-corrected chi connectivity index (χ3v) is 7.70. The van der Waals surface area contributed by atoms with E-state index in [1.165, 1.54) is 22.5 Å². The van der Waals surface area contributed by atoms with Gasteiger partial charge < -0.3 is 10.2 Å². The smallest absolute Gasteiger partial charge is 0.253 e. The van der Waals surface area contributed by atoms with E-state index >= 15 is 0 Å².